The normalized spacial score (nSPS) is 12.0. The number of para-hydroxylation sites is 1. The smallest absolute Gasteiger partial charge is 0.161 e. The Labute approximate surface area is 198 Å². The van der Waals surface area contributed by atoms with Crippen molar-refractivity contribution in [2.24, 2.45) is 0 Å². The Balaban J connectivity index is 1.41. The molecule has 0 saturated heterocycles. The van der Waals surface area contributed by atoms with Crippen LogP contribution in [0.4, 0.5) is 0 Å². The number of aromatic nitrogens is 1. The van der Waals surface area contributed by atoms with Gasteiger partial charge in [-0.1, -0.05) is 18.2 Å². The molecule has 0 aliphatic rings. The van der Waals surface area contributed by atoms with Gasteiger partial charge in [0.1, 0.15) is 24.2 Å². The van der Waals surface area contributed by atoms with Crippen molar-refractivity contribution in [3.63, 3.8) is 0 Å². The van der Waals surface area contributed by atoms with Crippen LogP contribution in [0.5, 0.6) is 23.0 Å². The Bertz CT molecular complexity index is 1220. The molecule has 4 N–H and O–H groups in total. The highest BCUT2D eigenvalue weighted by atomic mass is 16.5. The van der Waals surface area contributed by atoms with Crippen molar-refractivity contribution in [3.05, 3.63) is 72.3 Å². The maximum absolute atomic E-state index is 10.3. The zero-order chi connectivity index (χ0) is 23.9. The summed E-state index contributed by atoms with van der Waals surface area (Å²) in [5, 5.41) is 24.1. The summed E-state index contributed by atoms with van der Waals surface area (Å²) in [5.74, 6) is 2.16. The lowest BCUT2D eigenvalue weighted by atomic mass is 10.0. The fraction of sp³-hybridized carbons (Fsp3) is 0.259. The molecule has 3 aromatic carbocycles. The van der Waals surface area contributed by atoms with Gasteiger partial charge in [0.05, 0.1) is 14.2 Å². The first kappa shape index (κ1) is 23.5. The number of H-pyrrole nitrogens is 1. The molecule has 4 aromatic rings. The average Bonchev–Trinajstić information content (AvgIpc) is 3.24. The van der Waals surface area contributed by atoms with Crippen molar-refractivity contribution in [3.8, 4) is 34.3 Å². The standard InChI is InChI=1S/C27H30N2O5/c1-32-25-12-7-18(15-26(25)33-2)27-23(22-5-3-4-6-24(22)29-27)13-14-28-16-20(31)17-34-21-10-8-19(30)9-11-21/h3-12,15,20,28-31H,13-14,16-17H2,1-2H3/t20-/m1/s1. The SMILES string of the molecule is COc1ccc(-c2[nH]c3ccccc3c2CCNC[C@@H](O)COc2ccc(O)cc2)cc1OC. The number of hydrogen-bond donors (Lipinski definition) is 4. The Hall–Kier alpha value is -3.68. The highest BCUT2D eigenvalue weighted by Gasteiger charge is 2.15. The van der Waals surface area contributed by atoms with Gasteiger partial charge in [0, 0.05) is 28.7 Å². The van der Waals surface area contributed by atoms with Crippen molar-refractivity contribution in [2.75, 3.05) is 33.9 Å². The molecule has 1 atom stereocenters. The number of hydrogen-bond acceptors (Lipinski definition) is 6. The van der Waals surface area contributed by atoms with Crippen LogP contribution < -0.4 is 19.5 Å². The predicted molar refractivity (Wildman–Crippen MR) is 133 cm³/mol. The Morgan fingerprint density at radius 1 is 0.941 bits per heavy atom. The van der Waals surface area contributed by atoms with Crippen LogP contribution in [-0.2, 0) is 6.42 Å². The quantitative estimate of drug-likeness (QED) is 0.250. The van der Waals surface area contributed by atoms with Gasteiger partial charge in [-0.2, -0.15) is 0 Å². The number of aromatic amines is 1. The lowest BCUT2D eigenvalue weighted by Crippen LogP contribution is -2.32. The molecule has 0 radical (unpaired) electrons. The lowest BCUT2D eigenvalue weighted by molar-refractivity contribution is 0.106. The van der Waals surface area contributed by atoms with E-state index in [0.717, 1.165) is 23.2 Å². The molecule has 0 bridgehead atoms. The van der Waals surface area contributed by atoms with Crippen LogP contribution in [0.2, 0.25) is 0 Å². The van der Waals surface area contributed by atoms with Crippen LogP contribution in [0.25, 0.3) is 22.2 Å². The second-order valence-corrected chi connectivity index (χ2v) is 8.01. The van der Waals surface area contributed by atoms with Gasteiger partial charge in [0.15, 0.2) is 11.5 Å². The Morgan fingerprint density at radius 2 is 1.71 bits per heavy atom. The van der Waals surface area contributed by atoms with Crippen LogP contribution in [-0.4, -0.2) is 55.2 Å². The van der Waals surface area contributed by atoms with Crippen LogP contribution in [0, 0.1) is 0 Å². The van der Waals surface area contributed by atoms with Crippen molar-refractivity contribution in [1.82, 2.24) is 10.3 Å². The zero-order valence-electron chi connectivity index (χ0n) is 19.4. The summed E-state index contributed by atoms with van der Waals surface area (Å²) >= 11 is 0. The molecule has 4 rings (SSSR count). The summed E-state index contributed by atoms with van der Waals surface area (Å²) in [7, 11) is 3.26. The van der Waals surface area contributed by atoms with E-state index in [1.165, 1.54) is 10.9 Å². The fourth-order valence-corrected chi connectivity index (χ4v) is 3.97. The van der Waals surface area contributed by atoms with E-state index in [9.17, 15) is 10.2 Å². The van der Waals surface area contributed by atoms with E-state index in [1.54, 1.807) is 38.5 Å². The third kappa shape index (κ3) is 5.44. The number of methoxy groups -OCH3 is 2. The number of aliphatic hydroxyl groups is 1. The summed E-state index contributed by atoms with van der Waals surface area (Å²) < 4.78 is 16.4. The minimum Gasteiger partial charge on any atom is -0.508 e. The number of aliphatic hydroxyl groups excluding tert-OH is 1. The number of nitrogens with one attached hydrogen (secondary N) is 2. The van der Waals surface area contributed by atoms with E-state index in [4.69, 9.17) is 14.2 Å². The number of ether oxygens (including phenoxy) is 3. The van der Waals surface area contributed by atoms with Gasteiger partial charge in [0.25, 0.3) is 0 Å². The lowest BCUT2D eigenvalue weighted by Gasteiger charge is -2.14. The largest absolute Gasteiger partial charge is 0.508 e. The molecule has 7 nitrogen and oxygen atoms in total. The maximum Gasteiger partial charge on any atom is 0.161 e. The summed E-state index contributed by atoms with van der Waals surface area (Å²) in [4.78, 5) is 3.55. The van der Waals surface area contributed by atoms with E-state index >= 15 is 0 Å². The van der Waals surface area contributed by atoms with Crippen LogP contribution in [0.1, 0.15) is 5.56 Å². The molecule has 0 fully saturated rings. The second kappa shape index (κ2) is 11.0. The highest BCUT2D eigenvalue weighted by molar-refractivity contribution is 5.91. The van der Waals surface area contributed by atoms with E-state index in [0.29, 0.717) is 30.3 Å². The topological polar surface area (TPSA) is 96.0 Å². The van der Waals surface area contributed by atoms with E-state index in [2.05, 4.69) is 22.4 Å². The molecule has 178 valence electrons. The molecule has 0 unspecified atom stereocenters. The van der Waals surface area contributed by atoms with Gasteiger partial charge >= 0.3 is 0 Å². The number of fused-ring (bicyclic) bond motifs is 1. The van der Waals surface area contributed by atoms with E-state index < -0.39 is 6.10 Å². The molecule has 34 heavy (non-hydrogen) atoms. The first-order chi connectivity index (χ1) is 16.6. The van der Waals surface area contributed by atoms with E-state index in [-0.39, 0.29) is 12.4 Å². The molecular weight excluding hydrogens is 432 g/mol. The summed E-state index contributed by atoms with van der Waals surface area (Å²) in [5.41, 5.74) is 4.33. The molecule has 0 saturated carbocycles. The third-order valence-corrected chi connectivity index (χ3v) is 5.70. The number of phenolic OH excluding ortho intramolecular Hbond substituents is 1. The molecule has 0 spiro atoms. The first-order valence-electron chi connectivity index (χ1n) is 11.2. The summed E-state index contributed by atoms with van der Waals surface area (Å²) in [6.45, 7) is 1.27. The number of benzene rings is 3. The Kier molecular flexibility index (Phi) is 7.57. The molecule has 0 amide bonds. The second-order valence-electron chi connectivity index (χ2n) is 8.01. The van der Waals surface area contributed by atoms with Crippen LogP contribution in [0.3, 0.4) is 0 Å². The molecule has 7 heteroatoms. The maximum atomic E-state index is 10.3. The van der Waals surface area contributed by atoms with E-state index in [1.807, 2.05) is 30.3 Å². The van der Waals surface area contributed by atoms with Crippen LogP contribution >= 0.6 is 0 Å². The summed E-state index contributed by atoms with van der Waals surface area (Å²) in [6, 6.07) is 20.6. The molecule has 0 aliphatic heterocycles. The molecule has 1 aromatic heterocycles. The minimum atomic E-state index is -0.651. The highest BCUT2D eigenvalue weighted by Crippen LogP contribution is 2.36. The van der Waals surface area contributed by atoms with Gasteiger partial charge in [-0.3, -0.25) is 0 Å². The number of phenols is 1. The summed E-state index contributed by atoms with van der Waals surface area (Å²) in [6.07, 6.45) is 0.126. The minimum absolute atomic E-state index is 0.168. The van der Waals surface area contributed by atoms with Crippen LogP contribution in [0.15, 0.2) is 66.7 Å². The van der Waals surface area contributed by atoms with Gasteiger partial charge in [-0.25, -0.2) is 0 Å². The van der Waals surface area contributed by atoms with Crippen molar-refractivity contribution in [1.29, 1.82) is 0 Å². The fourth-order valence-electron chi connectivity index (χ4n) is 3.97. The van der Waals surface area contributed by atoms with Gasteiger partial charge in [-0.05, 0) is 67.1 Å². The Morgan fingerprint density at radius 3 is 2.47 bits per heavy atom. The van der Waals surface area contributed by atoms with Crippen molar-refractivity contribution in [2.45, 2.75) is 12.5 Å². The average molecular weight is 463 g/mol. The molecular formula is C27H30N2O5. The van der Waals surface area contributed by atoms with Gasteiger partial charge in [0.2, 0.25) is 0 Å². The monoisotopic (exact) mass is 462 g/mol. The zero-order valence-corrected chi connectivity index (χ0v) is 19.4. The van der Waals surface area contributed by atoms with Gasteiger partial charge < -0.3 is 34.7 Å². The van der Waals surface area contributed by atoms with Crippen molar-refractivity contribution >= 4 is 10.9 Å². The van der Waals surface area contributed by atoms with Crippen molar-refractivity contribution < 1.29 is 24.4 Å². The number of rotatable bonds is 11. The third-order valence-electron chi connectivity index (χ3n) is 5.70. The molecule has 0 aliphatic carbocycles. The predicted octanol–water partition coefficient (Wildman–Crippen LogP) is 4.13. The molecule has 1 heterocycles. The van der Waals surface area contributed by atoms with Gasteiger partial charge in [-0.15, -0.1) is 0 Å². The number of aromatic hydroxyl groups is 1. The first-order valence-corrected chi connectivity index (χ1v) is 11.2.